The van der Waals surface area contributed by atoms with Gasteiger partial charge in [-0.3, -0.25) is 19.1 Å². The smallest absolute Gasteiger partial charge is 0.256 e. The fourth-order valence-corrected chi connectivity index (χ4v) is 5.55. The van der Waals surface area contributed by atoms with Crippen molar-refractivity contribution in [3.05, 3.63) is 71.2 Å². The van der Waals surface area contributed by atoms with E-state index >= 15 is 0 Å². The van der Waals surface area contributed by atoms with Crippen molar-refractivity contribution in [2.24, 2.45) is 13.0 Å². The van der Waals surface area contributed by atoms with E-state index in [0.29, 0.717) is 29.3 Å². The van der Waals surface area contributed by atoms with E-state index in [0.717, 1.165) is 37.2 Å². The van der Waals surface area contributed by atoms with E-state index in [9.17, 15) is 18.8 Å². The van der Waals surface area contributed by atoms with E-state index in [1.54, 1.807) is 37.0 Å². The molecule has 0 spiro atoms. The highest BCUT2D eigenvalue weighted by atomic mass is 19.1. The Morgan fingerprint density at radius 1 is 1.05 bits per heavy atom. The largest absolute Gasteiger partial charge is 0.352 e. The minimum Gasteiger partial charge on any atom is -0.352 e. The van der Waals surface area contributed by atoms with Crippen LogP contribution in [0.1, 0.15) is 46.0 Å². The van der Waals surface area contributed by atoms with E-state index in [1.807, 2.05) is 25.2 Å². The first kappa shape index (κ1) is 27.5. The lowest BCUT2D eigenvalue weighted by Gasteiger charge is -2.29. The first-order valence-electron chi connectivity index (χ1n) is 13.6. The minimum absolute atomic E-state index is 0.0184. The van der Waals surface area contributed by atoms with Crippen LogP contribution in [0.5, 0.6) is 0 Å². The van der Waals surface area contributed by atoms with Gasteiger partial charge in [-0.25, -0.2) is 4.39 Å². The van der Waals surface area contributed by atoms with Gasteiger partial charge in [0.2, 0.25) is 5.91 Å². The predicted molar refractivity (Wildman–Crippen MR) is 150 cm³/mol. The molecule has 3 aromatic rings. The summed E-state index contributed by atoms with van der Waals surface area (Å²) in [6, 6.07) is 10.5. The Morgan fingerprint density at radius 3 is 2.50 bits per heavy atom. The Morgan fingerprint density at radius 2 is 1.80 bits per heavy atom. The molecule has 0 saturated carbocycles. The molecule has 0 unspecified atom stereocenters. The molecule has 2 aromatic carbocycles. The molecule has 3 heterocycles. The van der Waals surface area contributed by atoms with Gasteiger partial charge >= 0.3 is 0 Å². The monoisotopic (exact) mass is 546 g/mol. The number of carbonyl (C=O) groups excluding carboxylic acids is 3. The van der Waals surface area contributed by atoms with E-state index in [4.69, 9.17) is 0 Å². The van der Waals surface area contributed by atoms with Crippen molar-refractivity contribution in [1.82, 2.24) is 24.9 Å². The van der Waals surface area contributed by atoms with Crippen LogP contribution >= 0.6 is 0 Å². The molecule has 2 aliphatic rings. The van der Waals surface area contributed by atoms with Crippen LogP contribution in [-0.2, 0) is 18.4 Å². The zero-order chi connectivity index (χ0) is 28.6. The van der Waals surface area contributed by atoms with Gasteiger partial charge < -0.3 is 20.0 Å². The second-order valence-electron chi connectivity index (χ2n) is 10.9. The van der Waals surface area contributed by atoms with Crippen molar-refractivity contribution >= 4 is 23.4 Å². The van der Waals surface area contributed by atoms with Gasteiger partial charge in [-0.05, 0) is 87.8 Å². The lowest BCUT2D eigenvalue weighted by Crippen LogP contribution is -2.45. The molecule has 5 rings (SSSR count). The quantitative estimate of drug-likeness (QED) is 0.513. The van der Waals surface area contributed by atoms with Gasteiger partial charge in [0.15, 0.2) is 0 Å². The van der Waals surface area contributed by atoms with Gasteiger partial charge in [-0.2, -0.15) is 5.10 Å². The number of hydrogen-bond acceptors (Lipinski definition) is 5. The van der Waals surface area contributed by atoms with E-state index in [2.05, 4.69) is 22.4 Å². The number of nitrogens with one attached hydrogen (secondary N) is 1. The Hall–Kier alpha value is -4.05. The van der Waals surface area contributed by atoms with Crippen LogP contribution in [0, 0.1) is 11.7 Å². The van der Waals surface area contributed by atoms with Crippen LogP contribution in [0.3, 0.4) is 0 Å². The highest BCUT2D eigenvalue weighted by Crippen LogP contribution is 2.32. The summed E-state index contributed by atoms with van der Waals surface area (Å²) < 4.78 is 16.4. The highest BCUT2D eigenvalue weighted by Gasteiger charge is 2.36. The van der Waals surface area contributed by atoms with Crippen molar-refractivity contribution in [1.29, 1.82) is 0 Å². The zero-order valence-corrected chi connectivity index (χ0v) is 23.4. The van der Waals surface area contributed by atoms with Crippen molar-refractivity contribution in [2.45, 2.75) is 32.4 Å². The van der Waals surface area contributed by atoms with E-state index in [-0.39, 0.29) is 29.8 Å². The number of likely N-dealkylation sites (tertiary alicyclic amines) is 1. The number of aromatic nitrogens is 2. The maximum Gasteiger partial charge on any atom is 0.256 e. The Kier molecular flexibility index (Phi) is 7.71. The molecule has 0 bridgehead atoms. The average molecular weight is 547 g/mol. The van der Waals surface area contributed by atoms with Crippen molar-refractivity contribution in [3.8, 4) is 11.3 Å². The standard InChI is InChI=1S/C30H35FN6O3/c1-19-29(39)35(3)27-16-22(26-7-10-33-36(26)4)5-6-25(27)30(40)37(19)18-21-13-23(15-24(31)14-21)28(38)32-17-20-8-11-34(2)12-9-20/h5-7,10,13-16,19-20H,8-9,11-12,17-18H2,1-4H3,(H,32,38)/t19-/m1/s1. The zero-order valence-electron chi connectivity index (χ0n) is 23.4. The molecule has 210 valence electrons. The van der Waals surface area contributed by atoms with Crippen molar-refractivity contribution in [2.75, 3.05) is 38.6 Å². The van der Waals surface area contributed by atoms with Crippen LogP contribution in [0.25, 0.3) is 11.3 Å². The Labute approximate surface area is 233 Å². The average Bonchev–Trinajstić information content (AvgIpc) is 3.36. The third-order valence-corrected chi connectivity index (χ3v) is 8.08. The molecule has 40 heavy (non-hydrogen) atoms. The number of amides is 3. The number of fused-ring (bicyclic) bond motifs is 1. The second kappa shape index (κ2) is 11.2. The summed E-state index contributed by atoms with van der Waals surface area (Å²) in [7, 11) is 5.56. The normalized spacial score (nSPS) is 18.6. The highest BCUT2D eigenvalue weighted by molar-refractivity contribution is 6.11. The number of benzene rings is 2. The lowest BCUT2D eigenvalue weighted by molar-refractivity contribution is -0.122. The summed E-state index contributed by atoms with van der Waals surface area (Å²) in [5, 5.41) is 7.15. The van der Waals surface area contributed by atoms with Gasteiger partial charge in [0.05, 0.1) is 16.9 Å². The molecule has 1 aromatic heterocycles. The summed E-state index contributed by atoms with van der Waals surface area (Å²) in [6.45, 7) is 4.18. The number of halogens is 1. The van der Waals surface area contributed by atoms with Crippen molar-refractivity contribution < 1.29 is 18.8 Å². The third kappa shape index (κ3) is 5.49. The fourth-order valence-electron chi connectivity index (χ4n) is 5.55. The summed E-state index contributed by atoms with van der Waals surface area (Å²) in [5.74, 6) is -1.12. The number of hydrogen-bond donors (Lipinski definition) is 1. The van der Waals surface area contributed by atoms with Gasteiger partial charge in [0.1, 0.15) is 11.9 Å². The number of carbonyl (C=O) groups is 3. The van der Waals surface area contributed by atoms with Crippen LogP contribution in [0.4, 0.5) is 10.1 Å². The maximum absolute atomic E-state index is 14.7. The van der Waals surface area contributed by atoms with E-state index < -0.39 is 11.9 Å². The topological polar surface area (TPSA) is 90.8 Å². The second-order valence-corrected chi connectivity index (χ2v) is 10.9. The molecule has 10 heteroatoms. The van der Waals surface area contributed by atoms with Crippen LogP contribution in [0.15, 0.2) is 48.7 Å². The number of likely N-dealkylation sites (N-methyl/N-ethyl adjacent to an activating group) is 1. The molecule has 3 amide bonds. The van der Waals surface area contributed by atoms with Crippen molar-refractivity contribution in [3.63, 3.8) is 0 Å². The van der Waals surface area contributed by atoms with Gasteiger partial charge in [0.25, 0.3) is 11.8 Å². The molecule has 1 atom stereocenters. The van der Waals surface area contributed by atoms with Crippen LogP contribution in [-0.4, -0.2) is 77.1 Å². The molecule has 1 N–H and O–H groups in total. The minimum atomic E-state index is -0.796. The third-order valence-electron chi connectivity index (χ3n) is 8.08. The Bertz CT molecular complexity index is 1440. The van der Waals surface area contributed by atoms with Crippen LogP contribution in [0.2, 0.25) is 0 Å². The van der Waals surface area contributed by atoms with Gasteiger partial charge in [-0.1, -0.05) is 6.07 Å². The first-order valence-corrected chi connectivity index (χ1v) is 13.6. The molecule has 2 aliphatic heterocycles. The Balaban J connectivity index is 1.37. The molecular weight excluding hydrogens is 511 g/mol. The molecular formula is C30H35FN6O3. The SMILES string of the molecule is C[C@@H]1C(=O)N(C)c2cc(-c3ccnn3C)ccc2C(=O)N1Cc1cc(F)cc(C(=O)NCC2CCN(C)CC2)c1. The van der Waals surface area contributed by atoms with Gasteiger partial charge in [-0.15, -0.1) is 0 Å². The summed E-state index contributed by atoms with van der Waals surface area (Å²) >= 11 is 0. The number of piperidine rings is 1. The number of anilines is 1. The number of aryl methyl sites for hydroxylation is 1. The summed E-state index contributed by atoms with van der Waals surface area (Å²) in [4.78, 5) is 45.3. The summed E-state index contributed by atoms with van der Waals surface area (Å²) in [5.41, 5.74) is 3.19. The molecule has 1 saturated heterocycles. The maximum atomic E-state index is 14.7. The predicted octanol–water partition coefficient (Wildman–Crippen LogP) is 3.31. The molecule has 1 fully saturated rings. The molecule has 9 nitrogen and oxygen atoms in total. The van der Waals surface area contributed by atoms with Crippen LogP contribution < -0.4 is 10.2 Å². The van der Waals surface area contributed by atoms with Gasteiger partial charge in [0, 0.05) is 44.5 Å². The molecule has 0 radical (unpaired) electrons. The van der Waals surface area contributed by atoms with E-state index in [1.165, 1.54) is 21.9 Å². The molecule has 0 aliphatic carbocycles. The number of rotatable bonds is 6. The summed E-state index contributed by atoms with van der Waals surface area (Å²) in [6.07, 6.45) is 3.70. The number of nitrogens with zero attached hydrogens (tertiary/aromatic N) is 5. The lowest BCUT2D eigenvalue weighted by atomic mass is 9.97. The fraction of sp³-hybridized carbons (Fsp3) is 0.400. The first-order chi connectivity index (χ1) is 19.1.